The highest BCUT2D eigenvalue weighted by molar-refractivity contribution is 6.92. The van der Waals surface area contributed by atoms with Gasteiger partial charge in [-0.15, -0.1) is 0 Å². The molecule has 0 amide bonds. The van der Waals surface area contributed by atoms with Crippen molar-refractivity contribution >= 4 is 55.7 Å². The molecule has 2 fully saturated rings. The zero-order chi connectivity index (χ0) is 15.9. The summed E-state index contributed by atoms with van der Waals surface area (Å²) in [6.45, 7) is 16.6. The second kappa shape index (κ2) is 9.26. The zero-order valence-corrected chi connectivity index (χ0v) is 21.3. The molecular formula is C8H30O6Si6. The molecule has 0 saturated carbocycles. The second-order valence-electron chi connectivity index (χ2n) is 5.47. The van der Waals surface area contributed by atoms with E-state index in [2.05, 4.69) is 39.3 Å². The van der Waals surface area contributed by atoms with Crippen LogP contribution in [-0.2, 0) is 24.7 Å². The maximum Gasteiger partial charge on any atom is 0.314 e. The fourth-order valence-electron chi connectivity index (χ4n) is 2.12. The molecule has 0 spiro atoms. The third-order valence-corrected chi connectivity index (χ3v) is 17.8. The van der Waals surface area contributed by atoms with E-state index in [0.29, 0.717) is 0 Å². The summed E-state index contributed by atoms with van der Waals surface area (Å²) in [6.07, 6.45) is 0. The zero-order valence-electron chi connectivity index (χ0n) is 14.1. The summed E-state index contributed by atoms with van der Waals surface area (Å²) in [5, 5.41) is 0. The molecule has 0 N–H and O–H groups in total. The molecule has 0 unspecified atom stereocenters. The lowest BCUT2D eigenvalue weighted by molar-refractivity contribution is 0.238. The molecule has 0 aromatic rings. The van der Waals surface area contributed by atoms with E-state index in [0.717, 1.165) is 0 Å². The van der Waals surface area contributed by atoms with Crippen molar-refractivity contribution in [3.8, 4) is 0 Å². The Bertz CT molecular complexity index is 215. The van der Waals surface area contributed by atoms with E-state index >= 15 is 0 Å². The van der Waals surface area contributed by atoms with Crippen LogP contribution in [0.4, 0.5) is 0 Å². The van der Waals surface area contributed by atoms with Crippen LogP contribution < -0.4 is 0 Å². The van der Waals surface area contributed by atoms with Crippen LogP contribution in [0.15, 0.2) is 0 Å². The predicted octanol–water partition coefficient (Wildman–Crippen LogP) is 0.228. The fraction of sp³-hybridized carbons (Fsp3) is 1.00. The van der Waals surface area contributed by atoms with Crippen LogP contribution in [0.25, 0.3) is 0 Å². The Balaban J connectivity index is 0.000000377. The lowest BCUT2D eigenvalue weighted by atomic mass is 11.0. The number of hydrogen-bond acceptors (Lipinski definition) is 6. The van der Waals surface area contributed by atoms with Crippen molar-refractivity contribution in [3.63, 3.8) is 0 Å². The summed E-state index contributed by atoms with van der Waals surface area (Å²) in [5.74, 6) is 0. The van der Waals surface area contributed by atoms with Gasteiger partial charge >= 0.3 is 25.7 Å². The summed E-state index contributed by atoms with van der Waals surface area (Å²) >= 11 is 0. The maximum absolute atomic E-state index is 5.86. The van der Waals surface area contributed by atoms with Crippen LogP contribution in [0.5, 0.6) is 0 Å². The summed E-state index contributed by atoms with van der Waals surface area (Å²) in [7, 11) is -7.07. The Morgan fingerprint density at radius 2 is 0.700 bits per heavy atom. The van der Waals surface area contributed by atoms with Gasteiger partial charge in [0.25, 0.3) is 30.0 Å². The molecule has 2 rings (SSSR count). The van der Waals surface area contributed by atoms with Gasteiger partial charge in [0.05, 0.1) is 0 Å². The van der Waals surface area contributed by atoms with Gasteiger partial charge in [0.2, 0.25) is 0 Å². The van der Waals surface area contributed by atoms with Gasteiger partial charge in [-0.2, -0.15) is 0 Å². The van der Waals surface area contributed by atoms with Crippen molar-refractivity contribution in [2.75, 3.05) is 0 Å². The molecule has 2 aliphatic rings. The van der Waals surface area contributed by atoms with Gasteiger partial charge in [-0.1, -0.05) is 13.8 Å². The monoisotopic (exact) mass is 390 g/mol. The standard InChI is InChI=1S/C6H18O3Si3.C2H6.H6O3Si3/c1-10(2)7-11(3,4)9-12(5,6)8-10;1-2;1-4-2-6-3-5-1/h1-6H3;1-2H3;4-6H2. The van der Waals surface area contributed by atoms with Crippen molar-refractivity contribution in [2.24, 2.45) is 0 Å². The van der Waals surface area contributed by atoms with E-state index < -0.39 is 55.7 Å². The quantitative estimate of drug-likeness (QED) is 0.552. The number of rotatable bonds is 0. The first kappa shape index (κ1) is 21.1. The molecule has 12 heteroatoms. The van der Waals surface area contributed by atoms with Crippen molar-refractivity contribution in [3.05, 3.63) is 0 Å². The molecule has 0 radical (unpaired) electrons. The van der Waals surface area contributed by atoms with E-state index in [-0.39, 0.29) is 0 Å². The third-order valence-electron chi connectivity index (χ3n) is 1.97. The average Bonchev–Trinajstić information content (AvgIpc) is 2.28. The lowest BCUT2D eigenvalue weighted by Gasteiger charge is -2.46. The van der Waals surface area contributed by atoms with Gasteiger partial charge in [0.1, 0.15) is 0 Å². The molecule has 20 heavy (non-hydrogen) atoms. The molecule has 6 nitrogen and oxygen atoms in total. The first-order valence-corrected chi connectivity index (χ1v) is 18.9. The second-order valence-corrected chi connectivity index (χ2v) is 21.9. The van der Waals surface area contributed by atoms with Gasteiger partial charge in [0, 0.05) is 0 Å². The maximum atomic E-state index is 5.86. The molecule has 122 valence electrons. The molecule has 0 bridgehead atoms. The topological polar surface area (TPSA) is 55.4 Å². The largest absolute Gasteiger partial charge is 0.425 e. The Morgan fingerprint density at radius 1 is 0.500 bits per heavy atom. The molecule has 2 aliphatic heterocycles. The van der Waals surface area contributed by atoms with Crippen molar-refractivity contribution < 1.29 is 24.7 Å². The molecular weight excluding hydrogens is 361 g/mol. The van der Waals surface area contributed by atoms with Gasteiger partial charge < -0.3 is 24.7 Å². The van der Waals surface area contributed by atoms with Crippen molar-refractivity contribution in [2.45, 2.75) is 53.1 Å². The summed E-state index contributed by atoms with van der Waals surface area (Å²) < 4.78 is 32.4. The van der Waals surface area contributed by atoms with E-state index in [4.69, 9.17) is 24.7 Å². The lowest BCUT2D eigenvalue weighted by Crippen LogP contribution is -2.64. The minimum atomic E-state index is -1.86. The fourth-order valence-corrected chi connectivity index (χ4v) is 23.4. The number of hydrogen-bond donors (Lipinski definition) is 0. The molecule has 0 aliphatic carbocycles. The van der Waals surface area contributed by atoms with Gasteiger partial charge in [0.15, 0.2) is 0 Å². The molecule has 0 atom stereocenters. The predicted molar refractivity (Wildman–Crippen MR) is 95.9 cm³/mol. The highest BCUT2D eigenvalue weighted by atomic mass is 28.5. The summed E-state index contributed by atoms with van der Waals surface area (Å²) in [4.78, 5) is 0. The Morgan fingerprint density at radius 3 is 0.850 bits per heavy atom. The summed E-state index contributed by atoms with van der Waals surface area (Å²) in [5.41, 5.74) is 0. The average molecular weight is 391 g/mol. The Labute approximate surface area is 133 Å². The first-order valence-electron chi connectivity index (χ1n) is 6.96. The summed E-state index contributed by atoms with van der Waals surface area (Å²) in [6, 6.07) is 0. The Hall–Kier alpha value is 1.06. The van der Waals surface area contributed by atoms with Crippen LogP contribution in [0.2, 0.25) is 39.3 Å². The van der Waals surface area contributed by atoms with E-state index in [9.17, 15) is 0 Å². The van der Waals surface area contributed by atoms with E-state index in [1.807, 2.05) is 13.8 Å². The van der Waals surface area contributed by atoms with Crippen LogP contribution in [0, 0.1) is 0 Å². The van der Waals surface area contributed by atoms with Crippen LogP contribution >= 0.6 is 0 Å². The minimum Gasteiger partial charge on any atom is -0.425 e. The molecule has 2 saturated heterocycles. The normalized spacial score (nSPS) is 30.0. The van der Waals surface area contributed by atoms with Crippen LogP contribution in [0.1, 0.15) is 13.8 Å². The van der Waals surface area contributed by atoms with Crippen LogP contribution in [0.3, 0.4) is 0 Å². The highest BCUT2D eigenvalue weighted by Gasteiger charge is 2.49. The van der Waals surface area contributed by atoms with Crippen molar-refractivity contribution in [1.82, 2.24) is 0 Å². The molecule has 0 aromatic heterocycles. The van der Waals surface area contributed by atoms with Crippen LogP contribution in [-0.4, -0.2) is 55.7 Å². The molecule has 2 heterocycles. The smallest absolute Gasteiger partial charge is 0.314 e. The van der Waals surface area contributed by atoms with E-state index in [1.54, 1.807) is 0 Å². The van der Waals surface area contributed by atoms with E-state index in [1.165, 1.54) is 0 Å². The minimum absolute atomic E-state index is 0.493. The van der Waals surface area contributed by atoms with Gasteiger partial charge in [-0.05, 0) is 39.3 Å². The first-order chi connectivity index (χ1) is 9.12. The van der Waals surface area contributed by atoms with Crippen molar-refractivity contribution in [1.29, 1.82) is 0 Å². The van der Waals surface area contributed by atoms with Gasteiger partial charge in [-0.25, -0.2) is 0 Å². The Kier molecular flexibility index (Phi) is 9.75. The SMILES string of the molecule is CC.C[Si]1(C)O[Si](C)(C)O[Si](C)(C)O1.O1[SiH2]O[SiH2]O[SiH2]1. The molecule has 0 aromatic carbocycles. The van der Waals surface area contributed by atoms with Gasteiger partial charge in [-0.3, -0.25) is 0 Å². The third kappa shape index (κ3) is 9.90. The highest BCUT2D eigenvalue weighted by Crippen LogP contribution is 2.29.